The van der Waals surface area contributed by atoms with E-state index in [1.807, 2.05) is 0 Å². The van der Waals surface area contributed by atoms with Crippen LogP contribution < -0.4 is 10.6 Å². The van der Waals surface area contributed by atoms with Crippen molar-refractivity contribution in [3.63, 3.8) is 0 Å². The summed E-state index contributed by atoms with van der Waals surface area (Å²) in [7, 11) is 0. The van der Waals surface area contributed by atoms with Crippen molar-refractivity contribution in [1.29, 1.82) is 0 Å². The van der Waals surface area contributed by atoms with E-state index in [4.69, 9.17) is 9.47 Å². The Morgan fingerprint density at radius 2 is 1.77 bits per heavy atom. The average Bonchev–Trinajstić information content (AvgIpc) is 3.25. The lowest BCUT2D eigenvalue weighted by molar-refractivity contribution is -0.140. The first kappa shape index (κ1) is 31.7. The van der Waals surface area contributed by atoms with Crippen LogP contribution in [0.3, 0.4) is 0 Å². The van der Waals surface area contributed by atoms with Crippen LogP contribution in [0, 0.1) is 11.7 Å². The molecule has 4 aliphatic rings. The summed E-state index contributed by atoms with van der Waals surface area (Å²) >= 11 is 0. The highest BCUT2D eigenvalue weighted by atomic mass is 19.1. The summed E-state index contributed by atoms with van der Waals surface area (Å²) in [5, 5.41) is 5.62. The number of hydrogen-bond acceptors (Lipinski definition) is 7. The smallest absolute Gasteiger partial charge is 0.410 e. The molecule has 5 atom stereocenters. The molecule has 5 rings (SSSR count). The van der Waals surface area contributed by atoms with Crippen molar-refractivity contribution in [2.45, 2.75) is 121 Å². The lowest BCUT2D eigenvalue weighted by atomic mass is 10.0. The van der Waals surface area contributed by atoms with Crippen LogP contribution in [-0.4, -0.2) is 76.0 Å². The van der Waals surface area contributed by atoms with E-state index in [1.54, 1.807) is 26.8 Å². The third-order valence-corrected chi connectivity index (χ3v) is 9.02. The minimum absolute atomic E-state index is 0.0392. The molecule has 1 aliphatic carbocycles. The number of carbonyl (C=O) groups excluding carboxylic acids is 5. The molecule has 1 aromatic carbocycles. The van der Waals surface area contributed by atoms with Gasteiger partial charge >= 0.3 is 12.2 Å². The van der Waals surface area contributed by atoms with Crippen molar-refractivity contribution in [3.05, 3.63) is 35.1 Å². The molecular formula is C32H43FN4O7. The average molecular weight is 615 g/mol. The molecule has 2 saturated heterocycles. The standard InChI is InChI=1S/C32H43FN4O7/c1-31(2,3)44-29(41)34-25-10-8-6-4-5-7-9-22-15-32(22,19-38)35-27(39)26-14-24(18-37(26)28(25)40)43-30(42)36-16-20-11-12-23(33)13-21(20)17-36/h11-13,19,22,24-26H,4-10,14-18H2,1-3H3,(H,34,41)(H,35,39)/t22-,24-,25+,26+,32+/m1/s1. The van der Waals surface area contributed by atoms with Crippen LogP contribution in [0.4, 0.5) is 14.0 Å². The SMILES string of the molecule is CC(C)(C)OC(=O)N[C@H]1CCCCCCC[C@@H]2C[C@@]2(C=O)NC(=O)[C@@H]2C[C@@H](OC(=O)N3Cc4ccc(F)cc4C3)CN2C1=O. The second-order valence-corrected chi connectivity index (χ2v) is 13.6. The number of benzene rings is 1. The fourth-order valence-corrected chi connectivity index (χ4v) is 6.61. The molecule has 1 saturated carbocycles. The molecule has 0 spiro atoms. The van der Waals surface area contributed by atoms with Gasteiger partial charge in [0.25, 0.3) is 0 Å². The van der Waals surface area contributed by atoms with Crippen molar-refractivity contribution in [2.24, 2.45) is 5.92 Å². The molecule has 3 fully saturated rings. The Bertz CT molecular complexity index is 1300. The molecule has 12 heteroatoms. The van der Waals surface area contributed by atoms with E-state index in [0.29, 0.717) is 24.8 Å². The molecule has 1 aromatic rings. The van der Waals surface area contributed by atoms with Crippen molar-refractivity contribution >= 4 is 30.3 Å². The van der Waals surface area contributed by atoms with Gasteiger partial charge in [-0.1, -0.05) is 38.2 Å². The normalized spacial score (nSPS) is 29.3. The molecule has 3 heterocycles. The highest BCUT2D eigenvalue weighted by Crippen LogP contribution is 2.46. The summed E-state index contributed by atoms with van der Waals surface area (Å²) < 4.78 is 24.9. The fourth-order valence-electron chi connectivity index (χ4n) is 6.61. The van der Waals surface area contributed by atoms with Gasteiger partial charge in [-0.15, -0.1) is 0 Å². The first-order valence-corrected chi connectivity index (χ1v) is 15.7. The summed E-state index contributed by atoms with van der Waals surface area (Å²) in [4.78, 5) is 68.6. The predicted octanol–water partition coefficient (Wildman–Crippen LogP) is 3.96. The molecule has 0 radical (unpaired) electrons. The highest BCUT2D eigenvalue weighted by Gasteiger charge is 2.56. The van der Waals surface area contributed by atoms with Gasteiger partial charge in [0.15, 0.2) is 0 Å². The number of alkyl carbamates (subject to hydrolysis) is 1. The summed E-state index contributed by atoms with van der Waals surface area (Å²) in [5.41, 5.74) is -0.199. The third kappa shape index (κ3) is 7.32. The minimum Gasteiger partial charge on any atom is -0.444 e. The van der Waals surface area contributed by atoms with E-state index < -0.39 is 53.3 Å². The highest BCUT2D eigenvalue weighted by molar-refractivity contribution is 5.94. The van der Waals surface area contributed by atoms with Crippen molar-refractivity contribution < 1.29 is 37.8 Å². The van der Waals surface area contributed by atoms with Crippen molar-refractivity contribution in [1.82, 2.24) is 20.4 Å². The number of nitrogens with one attached hydrogen (secondary N) is 2. The zero-order valence-corrected chi connectivity index (χ0v) is 25.7. The number of carbonyl (C=O) groups is 5. The van der Waals surface area contributed by atoms with E-state index in [2.05, 4.69) is 10.6 Å². The first-order chi connectivity index (χ1) is 20.9. The molecule has 11 nitrogen and oxygen atoms in total. The van der Waals surface area contributed by atoms with Crippen LogP contribution >= 0.6 is 0 Å². The topological polar surface area (TPSA) is 134 Å². The van der Waals surface area contributed by atoms with Gasteiger partial charge in [-0.2, -0.15) is 0 Å². The van der Waals surface area contributed by atoms with Gasteiger partial charge in [-0.3, -0.25) is 14.5 Å². The number of halogens is 1. The number of hydrogen-bond donors (Lipinski definition) is 2. The van der Waals surface area contributed by atoms with Crippen LogP contribution in [0.2, 0.25) is 0 Å². The van der Waals surface area contributed by atoms with Gasteiger partial charge in [-0.05, 0) is 69.2 Å². The van der Waals surface area contributed by atoms with Gasteiger partial charge in [0, 0.05) is 19.5 Å². The second-order valence-electron chi connectivity index (χ2n) is 13.6. The quantitative estimate of drug-likeness (QED) is 0.493. The second kappa shape index (κ2) is 12.7. The Kier molecular flexibility index (Phi) is 9.17. The first-order valence-electron chi connectivity index (χ1n) is 15.7. The number of rotatable bonds is 3. The monoisotopic (exact) mass is 614 g/mol. The minimum atomic E-state index is -1.00. The number of nitrogens with zero attached hydrogens (tertiary/aromatic N) is 2. The molecule has 2 N–H and O–H groups in total. The summed E-state index contributed by atoms with van der Waals surface area (Å²) in [6.07, 6.45) is 4.85. The molecule has 240 valence electrons. The van der Waals surface area contributed by atoms with Gasteiger partial charge in [0.05, 0.1) is 12.1 Å². The summed E-state index contributed by atoms with van der Waals surface area (Å²) in [5.74, 6) is -1.29. The molecule has 3 aliphatic heterocycles. The zero-order chi connectivity index (χ0) is 31.6. The molecule has 0 unspecified atom stereocenters. The Morgan fingerprint density at radius 1 is 1.07 bits per heavy atom. The van der Waals surface area contributed by atoms with Crippen LogP contribution in [-0.2, 0) is 36.9 Å². The largest absolute Gasteiger partial charge is 0.444 e. The third-order valence-electron chi connectivity index (χ3n) is 9.02. The molecule has 4 amide bonds. The van der Waals surface area contributed by atoms with Gasteiger partial charge in [0.2, 0.25) is 11.8 Å². The number of amides is 4. The van der Waals surface area contributed by atoms with Gasteiger partial charge in [-0.25, -0.2) is 14.0 Å². The van der Waals surface area contributed by atoms with Crippen LogP contribution in [0.25, 0.3) is 0 Å². The Labute approximate surface area is 257 Å². The fraction of sp³-hybridized carbons (Fsp3) is 0.656. The summed E-state index contributed by atoms with van der Waals surface area (Å²) in [6.45, 7) is 5.59. The van der Waals surface area contributed by atoms with Gasteiger partial charge in [0.1, 0.15) is 35.9 Å². The summed E-state index contributed by atoms with van der Waals surface area (Å²) in [6, 6.07) is 2.43. The van der Waals surface area contributed by atoms with Gasteiger partial charge < -0.3 is 29.8 Å². The molecular weight excluding hydrogens is 571 g/mol. The van der Waals surface area contributed by atoms with E-state index in [0.717, 1.165) is 44.0 Å². The maximum absolute atomic E-state index is 14.0. The number of aldehydes is 1. The Hall–Kier alpha value is -3.70. The maximum atomic E-state index is 14.0. The van der Waals surface area contributed by atoms with E-state index in [1.165, 1.54) is 21.9 Å². The predicted molar refractivity (Wildman–Crippen MR) is 157 cm³/mol. The molecule has 0 bridgehead atoms. The van der Waals surface area contributed by atoms with E-state index >= 15 is 0 Å². The molecule has 44 heavy (non-hydrogen) atoms. The van der Waals surface area contributed by atoms with Crippen LogP contribution in [0.15, 0.2) is 18.2 Å². The maximum Gasteiger partial charge on any atom is 0.410 e. The lowest BCUT2D eigenvalue weighted by Crippen LogP contribution is -2.55. The zero-order valence-electron chi connectivity index (χ0n) is 25.7. The Morgan fingerprint density at radius 3 is 2.50 bits per heavy atom. The van der Waals surface area contributed by atoms with E-state index in [9.17, 15) is 28.4 Å². The van der Waals surface area contributed by atoms with Crippen molar-refractivity contribution in [2.75, 3.05) is 6.54 Å². The van der Waals surface area contributed by atoms with Crippen molar-refractivity contribution in [3.8, 4) is 0 Å². The van der Waals surface area contributed by atoms with E-state index in [-0.39, 0.29) is 37.8 Å². The molecule has 0 aromatic heterocycles. The Balaban J connectivity index is 1.34. The lowest BCUT2D eigenvalue weighted by Gasteiger charge is -2.30. The number of fused-ring (bicyclic) bond motifs is 3. The van der Waals surface area contributed by atoms with Crippen LogP contribution in [0.1, 0.15) is 89.7 Å². The van der Waals surface area contributed by atoms with Crippen LogP contribution in [0.5, 0.6) is 0 Å². The number of ether oxygens (including phenoxy) is 2.